The SMILES string of the molecule is N#Cc1cc(C(=O)NNC(=O)CCc2cc(F)ccc2F)ccc1F. The van der Waals surface area contributed by atoms with Crippen molar-refractivity contribution in [3.05, 3.63) is 70.5 Å². The molecule has 0 aliphatic heterocycles. The number of benzene rings is 2. The average Bonchev–Trinajstić information content (AvgIpc) is 2.60. The monoisotopic (exact) mass is 347 g/mol. The first kappa shape index (κ1) is 18.0. The normalized spacial score (nSPS) is 10.0. The van der Waals surface area contributed by atoms with Gasteiger partial charge in [-0.05, 0) is 48.4 Å². The average molecular weight is 347 g/mol. The molecule has 25 heavy (non-hydrogen) atoms. The largest absolute Gasteiger partial charge is 0.273 e. The van der Waals surface area contributed by atoms with E-state index in [1.54, 1.807) is 6.07 Å². The van der Waals surface area contributed by atoms with Gasteiger partial charge in [0.05, 0.1) is 5.56 Å². The van der Waals surface area contributed by atoms with Crippen molar-refractivity contribution in [1.82, 2.24) is 10.9 Å². The number of nitrogens with zero attached hydrogens (tertiary/aromatic N) is 1. The number of carbonyl (C=O) groups is 2. The minimum Gasteiger partial charge on any atom is -0.273 e. The van der Waals surface area contributed by atoms with E-state index in [1.165, 1.54) is 0 Å². The van der Waals surface area contributed by atoms with E-state index in [0.717, 1.165) is 36.4 Å². The number of hydrogen-bond acceptors (Lipinski definition) is 3. The predicted octanol–water partition coefficient (Wildman–Crippen LogP) is 2.37. The van der Waals surface area contributed by atoms with Crippen LogP contribution in [0.2, 0.25) is 0 Å². The van der Waals surface area contributed by atoms with Crippen LogP contribution < -0.4 is 10.9 Å². The molecule has 0 bridgehead atoms. The molecule has 2 rings (SSSR count). The van der Waals surface area contributed by atoms with Gasteiger partial charge in [0.25, 0.3) is 5.91 Å². The van der Waals surface area contributed by atoms with Gasteiger partial charge in [0, 0.05) is 12.0 Å². The van der Waals surface area contributed by atoms with Crippen LogP contribution in [0.3, 0.4) is 0 Å². The Morgan fingerprint density at radius 3 is 2.44 bits per heavy atom. The molecule has 0 fully saturated rings. The molecule has 2 amide bonds. The molecule has 0 spiro atoms. The van der Waals surface area contributed by atoms with Crippen LogP contribution >= 0.6 is 0 Å². The van der Waals surface area contributed by atoms with Crippen LogP contribution in [0.15, 0.2) is 36.4 Å². The van der Waals surface area contributed by atoms with E-state index in [-0.39, 0.29) is 29.5 Å². The summed E-state index contributed by atoms with van der Waals surface area (Å²) in [5.41, 5.74) is 3.92. The Hall–Kier alpha value is -3.34. The minimum atomic E-state index is -0.764. The lowest BCUT2D eigenvalue weighted by Gasteiger charge is -2.08. The zero-order valence-corrected chi connectivity index (χ0v) is 12.8. The minimum absolute atomic E-state index is 0.0191. The Morgan fingerprint density at radius 2 is 1.72 bits per heavy atom. The number of nitrogens with one attached hydrogen (secondary N) is 2. The summed E-state index contributed by atoms with van der Waals surface area (Å²) in [5.74, 6) is -3.38. The van der Waals surface area contributed by atoms with E-state index >= 15 is 0 Å². The Kier molecular flexibility index (Phi) is 5.74. The molecule has 0 heterocycles. The summed E-state index contributed by atoms with van der Waals surface area (Å²) in [6, 6.07) is 7.67. The standard InChI is InChI=1S/C17H12F3N3O2/c18-13-3-5-14(19)10(8-13)2-6-16(24)22-23-17(25)11-1-4-15(20)12(7-11)9-21/h1,3-5,7-8H,2,6H2,(H,22,24)(H,23,25). The molecule has 0 saturated carbocycles. The third kappa shape index (κ3) is 4.81. The van der Waals surface area contributed by atoms with Gasteiger partial charge in [-0.3, -0.25) is 20.4 Å². The Morgan fingerprint density at radius 1 is 1.00 bits per heavy atom. The zero-order valence-electron chi connectivity index (χ0n) is 12.8. The van der Waals surface area contributed by atoms with Crippen LogP contribution in [-0.4, -0.2) is 11.8 Å². The van der Waals surface area contributed by atoms with Crippen molar-refractivity contribution in [2.45, 2.75) is 12.8 Å². The second kappa shape index (κ2) is 7.97. The van der Waals surface area contributed by atoms with E-state index < -0.39 is 29.3 Å². The summed E-state index contributed by atoms with van der Waals surface area (Å²) in [4.78, 5) is 23.5. The molecule has 2 N–H and O–H groups in total. The van der Waals surface area contributed by atoms with Crippen molar-refractivity contribution in [3.8, 4) is 6.07 Å². The molecule has 0 saturated heterocycles. The van der Waals surface area contributed by atoms with Crippen LogP contribution in [-0.2, 0) is 11.2 Å². The Balaban J connectivity index is 1.88. The first-order chi connectivity index (χ1) is 11.9. The van der Waals surface area contributed by atoms with Gasteiger partial charge in [0.15, 0.2) is 0 Å². The lowest BCUT2D eigenvalue weighted by atomic mass is 10.1. The molecule has 2 aromatic carbocycles. The van der Waals surface area contributed by atoms with Gasteiger partial charge in [0.1, 0.15) is 23.5 Å². The predicted molar refractivity (Wildman–Crippen MR) is 81.4 cm³/mol. The smallest absolute Gasteiger partial charge is 0.269 e. The van der Waals surface area contributed by atoms with Gasteiger partial charge in [-0.1, -0.05) is 0 Å². The Bertz CT molecular complexity index is 863. The first-order valence-electron chi connectivity index (χ1n) is 7.13. The van der Waals surface area contributed by atoms with Crippen LogP contribution in [0.4, 0.5) is 13.2 Å². The van der Waals surface area contributed by atoms with Gasteiger partial charge in [-0.2, -0.15) is 5.26 Å². The van der Waals surface area contributed by atoms with E-state index in [2.05, 4.69) is 10.9 Å². The number of halogens is 3. The molecule has 0 unspecified atom stereocenters. The fraction of sp³-hybridized carbons (Fsp3) is 0.118. The molecule has 0 aliphatic carbocycles. The molecule has 0 aliphatic rings. The highest BCUT2D eigenvalue weighted by atomic mass is 19.1. The number of amides is 2. The molecule has 0 aromatic heterocycles. The van der Waals surface area contributed by atoms with Crippen LogP contribution in [0.1, 0.15) is 27.9 Å². The molecule has 5 nitrogen and oxygen atoms in total. The summed E-state index contributed by atoms with van der Waals surface area (Å²) in [5, 5.41) is 8.71. The third-order valence-electron chi connectivity index (χ3n) is 3.29. The highest BCUT2D eigenvalue weighted by molar-refractivity contribution is 5.95. The van der Waals surface area contributed by atoms with Crippen LogP contribution in [0.25, 0.3) is 0 Å². The summed E-state index contributed by atoms with van der Waals surface area (Å²) < 4.78 is 39.7. The number of carbonyl (C=O) groups excluding carboxylic acids is 2. The van der Waals surface area contributed by atoms with Gasteiger partial charge in [-0.15, -0.1) is 0 Å². The number of hydrogen-bond donors (Lipinski definition) is 2. The van der Waals surface area contributed by atoms with E-state index in [9.17, 15) is 22.8 Å². The summed E-state index contributed by atoms with van der Waals surface area (Å²) in [7, 11) is 0. The molecule has 0 atom stereocenters. The number of nitriles is 1. The summed E-state index contributed by atoms with van der Waals surface area (Å²) >= 11 is 0. The maximum Gasteiger partial charge on any atom is 0.269 e. The molecule has 8 heteroatoms. The van der Waals surface area contributed by atoms with E-state index in [1.807, 2.05) is 0 Å². The highest BCUT2D eigenvalue weighted by Gasteiger charge is 2.11. The van der Waals surface area contributed by atoms with Gasteiger partial charge in [-0.25, -0.2) is 13.2 Å². The van der Waals surface area contributed by atoms with Crippen molar-refractivity contribution in [1.29, 1.82) is 5.26 Å². The van der Waals surface area contributed by atoms with Crippen molar-refractivity contribution < 1.29 is 22.8 Å². The van der Waals surface area contributed by atoms with E-state index in [0.29, 0.717) is 0 Å². The Labute approximate surface area is 141 Å². The van der Waals surface area contributed by atoms with Crippen molar-refractivity contribution in [2.75, 3.05) is 0 Å². The maximum atomic E-state index is 13.4. The first-order valence-corrected chi connectivity index (χ1v) is 7.13. The second-order valence-electron chi connectivity index (χ2n) is 5.04. The fourth-order valence-corrected chi connectivity index (χ4v) is 2.00. The van der Waals surface area contributed by atoms with Crippen LogP contribution in [0.5, 0.6) is 0 Å². The second-order valence-corrected chi connectivity index (χ2v) is 5.04. The number of hydrazine groups is 1. The molecule has 0 radical (unpaired) electrons. The number of rotatable bonds is 4. The third-order valence-corrected chi connectivity index (χ3v) is 3.29. The van der Waals surface area contributed by atoms with Crippen LogP contribution in [0, 0.1) is 28.8 Å². The van der Waals surface area contributed by atoms with Crippen molar-refractivity contribution in [2.24, 2.45) is 0 Å². The maximum absolute atomic E-state index is 13.4. The summed E-state index contributed by atoms with van der Waals surface area (Å²) in [6.07, 6.45) is -0.242. The van der Waals surface area contributed by atoms with Gasteiger partial charge >= 0.3 is 0 Å². The molecular formula is C17H12F3N3O2. The topological polar surface area (TPSA) is 82.0 Å². The van der Waals surface area contributed by atoms with Gasteiger partial charge < -0.3 is 0 Å². The molecule has 128 valence electrons. The quantitative estimate of drug-likeness (QED) is 0.833. The molecular weight excluding hydrogens is 335 g/mol. The van der Waals surface area contributed by atoms with Gasteiger partial charge in [0.2, 0.25) is 5.91 Å². The number of aryl methyl sites for hydroxylation is 1. The van der Waals surface area contributed by atoms with E-state index in [4.69, 9.17) is 5.26 Å². The lowest BCUT2D eigenvalue weighted by Crippen LogP contribution is -2.41. The zero-order chi connectivity index (χ0) is 18.4. The fourth-order valence-electron chi connectivity index (χ4n) is 2.00. The lowest BCUT2D eigenvalue weighted by molar-refractivity contribution is -0.121. The van der Waals surface area contributed by atoms with Crippen molar-refractivity contribution >= 4 is 11.8 Å². The summed E-state index contributed by atoms with van der Waals surface area (Å²) in [6.45, 7) is 0. The highest BCUT2D eigenvalue weighted by Crippen LogP contribution is 2.12. The van der Waals surface area contributed by atoms with Crippen molar-refractivity contribution in [3.63, 3.8) is 0 Å². The molecule has 2 aromatic rings.